The molecule has 5 rings (SSSR count). The van der Waals surface area contributed by atoms with Crippen LogP contribution in [-0.2, 0) is 4.79 Å². The Morgan fingerprint density at radius 1 is 1.00 bits per heavy atom. The molecule has 0 unspecified atom stereocenters. The molecule has 0 saturated carbocycles. The summed E-state index contributed by atoms with van der Waals surface area (Å²) in [5, 5.41) is 14.8. The van der Waals surface area contributed by atoms with Gasteiger partial charge in [0.15, 0.2) is 5.16 Å². The van der Waals surface area contributed by atoms with Crippen LogP contribution in [0.4, 0.5) is 11.4 Å². The monoisotopic (exact) mass is 510 g/mol. The first kappa shape index (κ1) is 24.1. The fourth-order valence-corrected chi connectivity index (χ4v) is 4.90. The summed E-state index contributed by atoms with van der Waals surface area (Å²) in [7, 11) is 1.58. The average Bonchev–Trinajstić information content (AvgIpc) is 3.30. The average molecular weight is 511 g/mol. The van der Waals surface area contributed by atoms with Gasteiger partial charge in [0.05, 0.1) is 34.5 Å². The summed E-state index contributed by atoms with van der Waals surface area (Å²) in [5.74, 6) is 0.505. The van der Waals surface area contributed by atoms with Gasteiger partial charge in [-0.25, -0.2) is 4.98 Å². The van der Waals surface area contributed by atoms with Crippen LogP contribution >= 0.6 is 11.8 Å². The van der Waals surface area contributed by atoms with Gasteiger partial charge in [0.2, 0.25) is 5.91 Å². The van der Waals surface area contributed by atoms with Crippen LogP contribution in [0, 0.1) is 10.1 Å². The molecule has 1 N–H and O–H groups in total. The summed E-state index contributed by atoms with van der Waals surface area (Å²) in [6, 6.07) is 29.5. The molecule has 8 nitrogen and oxygen atoms in total. The van der Waals surface area contributed by atoms with Gasteiger partial charge in [-0.2, -0.15) is 0 Å². The number of nitro groups is 1. The van der Waals surface area contributed by atoms with E-state index in [0.29, 0.717) is 27.6 Å². The zero-order valence-electron chi connectivity index (χ0n) is 19.8. The first-order valence-corrected chi connectivity index (χ1v) is 12.4. The van der Waals surface area contributed by atoms with Crippen molar-refractivity contribution >= 4 is 40.1 Å². The van der Waals surface area contributed by atoms with Crippen molar-refractivity contribution in [3.63, 3.8) is 0 Å². The number of thioether (sulfide) groups is 1. The first-order valence-electron chi connectivity index (χ1n) is 11.4. The number of carbonyl (C=O) groups excluding carboxylic acids is 1. The third-order valence-electron chi connectivity index (χ3n) is 5.76. The second-order valence-corrected chi connectivity index (χ2v) is 9.02. The Morgan fingerprint density at radius 2 is 1.73 bits per heavy atom. The van der Waals surface area contributed by atoms with Gasteiger partial charge in [0, 0.05) is 23.4 Å². The van der Waals surface area contributed by atoms with Crippen molar-refractivity contribution in [3.8, 4) is 22.6 Å². The van der Waals surface area contributed by atoms with Crippen molar-refractivity contribution < 1.29 is 14.5 Å². The number of para-hydroxylation sites is 3. The van der Waals surface area contributed by atoms with E-state index in [0.717, 1.165) is 16.8 Å². The van der Waals surface area contributed by atoms with Gasteiger partial charge in [-0.05, 0) is 29.8 Å². The number of fused-ring (bicyclic) bond motifs is 1. The van der Waals surface area contributed by atoms with Gasteiger partial charge in [-0.3, -0.25) is 19.5 Å². The third kappa shape index (κ3) is 5.03. The highest BCUT2D eigenvalue weighted by molar-refractivity contribution is 7.99. The molecule has 0 radical (unpaired) electrons. The van der Waals surface area contributed by atoms with E-state index in [4.69, 9.17) is 4.74 Å². The van der Waals surface area contributed by atoms with Gasteiger partial charge < -0.3 is 10.1 Å². The van der Waals surface area contributed by atoms with Crippen molar-refractivity contribution in [1.82, 2.24) is 9.55 Å². The number of ether oxygens (including phenoxy) is 1. The molecule has 9 heteroatoms. The number of anilines is 1. The second kappa shape index (κ2) is 10.5. The molecule has 1 amide bonds. The highest BCUT2D eigenvalue weighted by Crippen LogP contribution is 2.34. The molecule has 184 valence electrons. The number of amides is 1. The van der Waals surface area contributed by atoms with E-state index in [1.165, 1.54) is 23.9 Å². The number of imidazole rings is 1. The summed E-state index contributed by atoms with van der Waals surface area (Å²) in [4.78, 5) is 28.5. The predicted octanol–water partition coefficient (Wildman–Crippen LogP) is 6.34. The van der Waals surface area contributed by atoms with Crippen LogP contribution in [0.1, 0.15) is 0 Å². The highest BCUT2D eigenvalue weighted by atomic mass is 32.2. The molecule has 1 aromatic heterocycles. The van der Waals surface area contributed by atoms with Crippen molar-refractivity contribution in [2.45, 2.75) is 5.16 Å². The lowest BCUT2D eigenvalue weighted by Crippen LogP contribution is -2.15. The normalized spacial score (nSPS) is 10.8. The minimum absolute atomic E-state index is 0.0519. The van der Waals surface area contributed by atoms with Gasteiger partial charge in [-0.15, -0.1) is 0 Å². The molecule has 0 spiro atoms. The lowest BCUT2D eigenvalue weighted by atomic mass is 10.0. The Morgan fingerprint density at radius 3 is 2.51 bits per heavy atom. The van der Waals surface area contributed by atoms with Crippen molar-refractivity contribution in [2.75, 3.05) is 18.2 Å². The van der Waals surface area contributed by atoms with Gasteiger partial charge >= 0.3 is 0 Å². The summed E-state index contributed by atoms with van der Waals surface area (Å²) in [5.41, 5.74) is 4.45. The number of methoxy groups -OCH3 is 1. The van der Waals surface area contributed by atoms with E-state index in [-0.39, 0.29) is 17.3 Å². The number of non-ortho nitro benzene ring substituents is 1. The predicted molar refractivity (Wildman–Crippen MR) is 146 cm³/mol. The largest absolute Gasteiger partial charge is 0.495 e. The molecule has 0 aliphatic carbocycles. The van der Waals surface area contributed by atoms with Crippen LogP contribution in [0.3, 0.4) is 0 Å². The van der Waals surface area contributed by atoms with E-state index in [1.54, 1.807) is 13.2 Å². The number of hydrogen-bond donors (Lipinski definition) is 1. The molecule has 0 atom stereocenters. The Hall–Kier alpha value is -4.63. The maximum Gasteiger partial charge on any atom is 0.271 e. The molecule has 37 heavy (non-hydrogen) atoms. The van der Waals surface area contributed by atoms with E-state index < -0.39 is 4.92 Å². The Bertz CT molecular complexity index is 1600. The molecule has 0 fully saturated rings. The number of carbonyl (C=O) groups is 1. The van der Waals surface area contributed by atoms with Crippen LogP contribution < -0.4 is 10.1 Å². The summed E-state index contributed by atoms with van der Waals surface area (Å²) in [6.45, 7) is 0. The van der Waals surface area contributed by atoms with Gasteiger partial charge in [-0.1, -0.05) is 72.4 Å². The maximum atomic E-state index is 13.0. The fourth-order valence-electron chi connectivity index (χ4n) is 4.08. The fraction of sp³-hybridized carbons (Fsp3) is 0.0714. The SMILES string of the molecule is COc1ccccc1-n1c(SCC(=O)Nc2ccccc2-c2ccccc2)nc2cc([N+](=O)[O-])ccc21. The molecule has 4 aromatic carbocycles. The number of nitrogens with zero attached hydrogens (tertiary/aromatic N) is 3. The molecule has 5 aromatic rings. The van der Waals surface area contributed by atoms with Crippen LogP contribution in [0.15, 0.2) is 102 Å². The summed E-state index contributed by atoms with van der Waals surface area (Å²) >= 11 is 1.24. The van der Waals surface area contributed by atoms with E-state index in [9.17, 15) is 14.9 Å². The Kier molecular flexibility index (Phi) is 6.87. The topological polar surface area (TPSA) is 99.3 Å². The molecule has 0 aliphatic rings. The van der Waals surface area contributed by atoms with Crippen LogP contribution in [-0.4, -0.2) is 33.2 Å². The van der Waals surface area contributed by atoms with Gasteiger partial charge in [0.25, 0.3) is 5.69 Å². The molecule has 0 saturated heterocycles. The molecular formula is C28H22N4O4S. The van der Waals surface area contributed by atoms with E-state index in [2.05, 4.69) is 10.3 Å². The number of nitrogens with one attached hydrogen (secondary N) is 1. The molecule has 0 bridgehead atoms. The molecular weight excluding hydrogens is 488 g/mol. The number of benzene rings is 4. The lowest BCUT2D eigenvalue weighted by Gasteiger charge is -2.13. The first-order chi connectivity index (χ1) is 18.0. The minimum atomic E-state index is -0.452. The van der Waals surface area contributed by atoms with Crippen molar-refractivity contribution in [3.05, 3.63) is 107 Å². The number of hydrogen-bond acceptors (Lipinski definition) is 6. The maximum absolute atomic E-state index is 13.0. The zero-order chi connectivity index (χ0) is 25.8. The molecule has 0 aliphatic heterocycles. The van der Waals surface area contributed by atoms with Crippen LogP contribution in [0.5, 0.6) is 5.75 Å². The lowest BCUT2D eigenvalue weighted by molar-refractivity contribution is -0.384. The van der Waals surface area contributed by atoms with Crippen molar-refractivity contribution in [2.24, 2.45) is 0 Å². The number of aromatic nitrogens is 2. The van der Waals surface area contributed by atoms with Crippen LogP contribution in [0.25, 0.3) is 27.8 Å². The Balaban J connectivity index is 1.45. The quantitative estimate of drug-likeness (QED) is 0.149. The Labute approximate surface area is 217 Å². The third-order valence-corrected chi connectivity index (χ3v) is 6.70. The summed E-state index contributed by atoms with van der Waals surface area (Å²) in [6.07, 6.45) is 0. The number of rotatable bonds is 8. The zero-order valence-corrected chi connectivity index (χ0v) is 20.6. The van der Waals surface area contributed by atoms with Crippen molar-refractivity contribution in [1.29, 1.82) is 0 Å². The molecule has 1 heterocycles. The van der Waals surface area contributed by atoms with Crippen LogP contribution in [0.2, 0.25) is 0 Å². The van der Waals surface area contributed by atoms with Gasteiger partial charge in [0.1, 0.15) is 5.75 Å². The highest BCUT2D eigenvalue weighted by Gasteiger charge is 2.20. The van der Waals surface area contributed by atoms with E-state index in [1.807, 2.05) is 83.4 Å². The number of nitro benzene ring substituents is 1. The minimum Gasteiger partial charge on any atom is -0.495 e. The van der Waals surface area contributed by atoms with E-state index >= 15 is 0 Å². The standard InChI is InChI=1S/C28H22N4O4S/c1-36-26-14-8-7-13-25(26)31-24-16-15-20(32(34)35)17-23(24)30-28(31)37-18-27(33)29-22-12-6-5-11-21(22)19-9-3-2-4-10-19/h2-17H,18H2,1H3,(H,29,33). The smallest absolute Gasteiger partial charge is 0.271 e. The summed E-state index contributed by atoms with van der Waals surface area (Å²) < 4.78 is 7.40. The second-order valence-electron chi connectivity index (χ2n) is 8.08.